The van der Waals surface area contributed by atoms with E-state index in [1.807, 2.05) is 18.2 Å². The van der Waals surface area contributed by atoms with Gasteiger partial charge in [-0.3, -0.25) is 4.79 Å². The number of rotatable bonds is 3. The van der Waals surface area contributed by atoms with Gasteiger partial charge in [-0.2, -0.15) is 0 Å². The maximum Gasteiger partial charge on any atom is 0.170 e. The van der Waals surface area contributed by atoms with Crippen LogP contribution in [0.15, 0.2) is 48.2 Å². The number of benzene rings is 2. The largest absolute Gasteiger partial charge is 0.511 e. The number of hydrogen-bond donors (Lipinski definition) is 1. The second kappa shape index (κ2) is 6.58. The number of halogens is 1. The number of aliphatic hydroxyl groups is 1. The van der Waals surface area contributed by atoms with Gasteiger partial charge in [-0.1, -0.05) is 31.2 Å². The molecule has 2 bridgehead atoms. The number of aliphatic hydroxyl groups excluding tert-OH is 1. The third-order valence-electron chi connectivity index (χ3n) is 7.28. The van der Waals surface area contributed by atoms with E-state index in [0.717, 1.165) is 54.4 Å². The minimum absolute atomic E-state index is 0.0224. The van der Waals surface area contributed by atoms with Crippen LogP contribution in [0.2, 0.25) is 0 Å². The van der Waals surface area contributed by atoms with Crippen LogP contribution >= 0.6 is 0 Å². The van der Waals surface area contributed by atoms with Crippen molar-refractivity contribution in [3.63, 3.8) is 0 Å². The predicted molar refractivity (Wildman–Crippen MR) is 108 cm³/mol. The third-order valence-corrected chi connectivity index (χ3v) is 7.28. The normalized spacial score (nSPS) is 28.7. The number of ketones is 1. The van der Waals surface area contributed by atoms with E-state index in [-0.39, 0.29) is 23.4 Å². The van der Waals surface area contributed by atoms with Crippen molar-refractivity contribution < 1.29 is 14.3 Å². The molecule has 144 valence electrons. The van der Waals surface area contributed by atoms with Crippen molar-refractivity contribution in [2.24, 2.45) is 23.7 Å². The lowest BCUT2D eigenvalue weighted by Crippen LogP contribution is -2.41. The first-order chi connectivity index (χ1) is 13.6. The van der Waals surface area contributed by atoms with Gasteiger partial charge in [-0.15, -0.1) is 0 Å². The lowest BCUT2D eigenvalue weighted by atomic mass is 9.59. The minimum Gasteiger partial charge on any atom is -0.511 e. The molecule has 28 heavy (non-hydrogen) atoms. The fraction of sp³-hybridized carbons (Fsp3) is 0.400. The summed E-state index contributed by atoms with van der Waals surface area (Å²) in [6, 6.07) is 12.5. The molecular weight excluding hydrogens is 351 g/mol. The molecule has 2 nitrogen and oxygen atoms in total. The molecule has 0 radical (unpaired) electrons. The molecule has 2 aromatic carbocycles. The number of carbonyl (C=O) groups excluding carboxylic acids is 1. The molecule has 3 fully saturated rings. The molecule has 3 saturated carbocycles. The smallest absolute Gasteiger partial charge is 0.170 e. The molecule has 0 heterocycles. The Balaban J connectivity index is 1.63. The summed E-state index contributed by atoms with van der Waals surface area (Å²) in [5, 5.41) is 11.2. The van der Waals surface area contributed by atoms with Gasteiger partial charge >= 0.3 is 0 Å². The molecule has 0 aromatic heterocycles. The Morgan fingerprint density at radius 3 is 2.14 bits per heavy atom. The lowest BCUT2D eigenvalue weighted by Gasteiger charge is -2.44. The average Bonchev–Trinajstić information content (AvgIpc) is 3.01. The summed E-state index contributed by atoms with van der Waals surface area (Å²) >= 11 is 0. The van der Waals surface area contributed by atoms with Crippen LogP contribution in [0.25, 0.3) is 16.7 Å². The SMILES string of the molecule is CCc1ccc(-c2ccc(F)cc2)cc1C1=C(O)[C@H]2[C@H]3CC[C@H](CC3)[C@H]2C1=O. The predicted octanol–water partition coefficient (Wildman–Crippen LogP) is 5.96. The van der Waals surface area contributed by atoms with Crippen molar-refractivity contribution in [1.29, 1.82) is 0 Å². The monoisotopic (exact) mass is 376 g/mol. The summed E-state index contributed by atoms with van der Waals surface area (Å²) in [5.41, 5.74) is 4.34. The van der Waals surface area contributed by atoms with E-state index < -0.39 is 0 Å². The van der Waals surface area contributed by atoms with Gasteiger partial charge in [-0.25, -0.2) is 4.39 Å². The number of fused-ring (bicyclic) bond motifs is 2. The summed E-state index contributed by atoms with van der Waals surface area (Å²) in [6.45, 7) is 2.07. The maximum atomic E-state index is 13.4. The van der Waals surface area contributed by atoms with E-state index in [0.29, 0.717) is 23.2 Å². The first kappa shape index (κ1) is 17.7. The minimum atomic E-state index is -0.264. The van der Waals surface area contributed by atoms with Crippen LogP contribution < -0.4 is 0 Å². The van der Waals surface area contributed by atoms with Crippen molar-refractivity contribution in [3.8, 4) is 11.1 Å². The summed E-state index contributed by atoms with van der Waals surface area (Å²) in [5.74, 6) is 1.07. The molecule has 4 aliphatic rings. The molecule has 2 aromatic rings. The molecule has 0 unspecified atom stereocenters. The first-order valence-electron chi connectivity index (χ1n) is 10.4. The number of carbonyl (C=O) groups is 1. The Hall–Kier alpha value is -2.42. The average molecular weight is 376 g/mol. The zero-order chi connectivity index (χ0) is 19.4. The Labute approximate surface area is 165 Å². The van der Waals surface area contributed by atoms with Crippen LogP contribution in [-0.2, 0) is 11.2 Å². The zero-order valence-corrected chi connectivity index (χ0v) is 16.1. The summed E-state index contributed by atoms with van der Waals surface area (Å²) in [7, 11) is 0. The highest BCUT2D eigenvalue weighted by Gasteiger charge is 2.54. The lowest BCUT2D eigenvalue weighted by molar-refractivity contribution is -0.123. The van der Waals surface area contributed by atoms with Gasteiger partial charge in [0.25, 0.3) is 0 Å². The van der Waals surface area contributed by atoms with Gasteiger partial charge in [0.2, 0.25) is 0 Å². The highest BCUT2D eigenvalue weighted by atomic mass is 19.1. The van der Waals surface area contributed by atoms with E-state index in [2.05, 4.69) is 6.92 Å². The molecule has 2 atom stereocenters. The Morgan fingerprint density at radius 1 is 0.929 bits per heavy atom. The van der Waals surface area contributed by atoms with E-state index in [9.17, 15) is 14.3 Å². The van der Waals surface area contributed by atoms with E-state index in [1.54, 1.807) is 12.1 Å². The molecular formula is C25H25FO2. The highest BCUT2D eigenvalue weighted by Crippen LogP contribution is 2.57. The van der Waals surface area contributed by atoms with Gasteiger partial charge in [0, 0.05) is 11.8 Å². The molecule has 0 saturated heterocycles. The Bertz CT molecular complexity index is 965. The van der Waals surface area contributed by atoms with Gasteiger partial charge < -0.3 is 5.11 Å². The maximum absolute atomic E-state index is 13.4. The molecule has 6 rings (SSSR count). The first-order valence-corrected chi connectivity index (χ1v) is 10.4. The summed E-state index contributed by atoms with van der Waals surface area (Å²) in [4.78, 5) is 13.4. The van der Waals surface area contributed by atoms with Crippen molar-refractivity contribution >= 4 is 11.4 Å². The second-order valence-electron chi connectivity index (χ2n) is 8.58. The standard InChI is InChI=1S/C25H25FO2/c1-2-14-3-8-18(15-9-11-19(26)12-10-15)13-20(14)23-24(27)21-16-4-5-17(7-6-16)22(21)25(23)28/h3,8-13,16-17,21-22,27H,2,4-7H2,1H3/t16-,17+,21-,22+/m0/s1. The molecule has 0 spiro atoms. The fourth-order valence-corrected chi connectivity index (χ4v) is 5.89. The van der Waals surface area contributed by atoms with E-state index in [4.69, 9.17) is 0 Å². The van der Waals surface area contributed by atoms with Crippen LogP contribution in [-0.4, -0.2) is 10.9 Å². The molecule has 1 N–H and O–H groups in total. The van der Waals surface area contributed by atoms with E-state index in [1.165, 1.54) is 12.1 Å². The molecule has 3 heteroatoms. The molecule has 4 aliphatic carbocycles. The molecule has 0 aliphatic heterocycles. The van der Waals surface area contributed by atoms with Gasteiger partial charge in [0.05, 0.1) is 5.57 Å². The van der Waals surface area contributed by atoms with Gasteiger partial charge in [0.15, 0.2) is 5.78 Å². The number of aryl methyl sites for hydroxylation is 1. The summed E-state index contributed by atoms with van der Waals surface area (Å²) < 4.78 is 13.3. The fourth-order valence-electron chi connectivity index (χ4n) is 5.89. The Morgan fingerprint density at radius 2 is 1.54 bits per heavy atom. The van der Waals surface area contributed by atoms with Crippen molar-refractivity contribution in [2.45, 2.75) is 39.0 Å². The van der Waals surface area contributed by atoms with Crippen LogP contribution in [0.5, 0.6) is 0 Å². The van der Waals surface area contributed by atoms with Crippen molar-refractivity contribution in [1.82, 2.24) is 0 Å². The zero-order valence-electron chi connectivity index (χ0n) is 16.1. The van der Waals surface area contributed by atoms with E-state index >= 15 is 0 Å². The molecule has 0 amide bonds. The van der Waals surface area contributed by atoms with Crippen molar-refractivity contribution in [3.05, 3.63) is 65.2 Å². The number of Topliss-reactive ketones (excluding diaryl/α,β-unsaturated/α-hetero) is 1. The van der Waals surface area contributed by atoms with Gasteiger partial charge in [0.1, 0.15) is 11.6 Å². The van der Waals surface area contributed by atoms with Crippen LogP contribution in [0.1, 0.15) is 43.7 Å². The van der Waals surface area contributed by atoms with Crippen molar-refractivity contribution in [2.75, 3.05) is 0 Å². The second-order valence-corrected chi connectivity index (χ2v) is 8.58. The van der Waals surface area contributed by atoms with Gasteiger partial charge in [-0.05, 0) is 84.4 Å². The summed E-state index contributed by atoms with van der Waals surface area (Å²) in [6.07, 6.45) is 5.30. The Kier molecular flexibility index (Phi) is 4.15. The quantitative estimate of drug-likeness (QED) is 0.718. The van der Waals surface area contributed by atoms with Crippen LogP contribution in [0.3, 0.4) is 0 Å². The number of hydrogen-bond acceptors (Lipinski definition) is 2. The highest BCUT2D eigenvalue weighted by molar-refractivity contribution is 6.25. The third kappa shape index (κ3) is 2.56. The number of allylic oxidation sites excluding steroid dienone is 2. The van der Waals surface area contributed by atoms with Crippen LogP contribution in [0, 0.1) is 29.5 Å². The topological polar surface area (TPSA) is 37.3 Å². The van der Waals surface area contributed by atoms with Crippen LogP contribution in [0.4, 0.5) is 4.39 Å².